The summed E-state index contributed by atoms with van der Waals surface area (Å²) >= 11 is 12.1. The first-order chi connectivity index (χ1) is 11.0. The number of rotatable bonds is 5. The molecule has 4 nitrogen and oxygen atoms in total. The van der Waals surface area contributed by atoms with Gasteiger partial charge in [0.1, 0.15) is 0 Å². The highest BCUT2D eigenvalue weighted by atomic mass is 35.5. The molecule has 2 rings (SSSR count). The van der Waals surface area contributed by atoms with Crippen molar-refractivity contribution in [2.24, 2.45) is 0 Å². The van der Waals surface area contributed by atoms with Crippen LogP contribution in [-0.4, -0.2) is 11.8 Å². The van der Waals surface area contributed by atoms with E-state index in [2.05, 4.69) is 10.6 Å². The molecular formula is C17H16Cl2N2O2. The van der Waals surface area contributed by atoms with E-state index in [4.69, 9.17) is 23.2 Å². The van der Waals surface area contributed by atoms with Crippen molar-refractivity contribution in [2.75, 3.05) is 10.6 Å². The van der Waals surface area contributed by atoms with Crippen LogP contribution in [0.25, 0.3) is 0 Å². The number of hydrogen-bond acceptors (Lipinski definition) is 2. The number of halogens is 2. The Bertz CT molecular complexity index is 712. The van der Waals surface area contributed by atoms with Crippen LogP contribution in [0.2, 0.25) is 10.0 Å². The maximum Gasteiger partial charge on any atom is 0.258 e. The minimum atomic E-state index is -0.433. The van der Waals surface area contributed by atoms with Crippen LogP contribution in [0.5, 0.6) is 0 Å². The SMILES string of the molecule is CCCC(=O)Nc1ccccc1NC(=O)c1c(Cl)cccc1Cl. The lowest BCUT2D eigenvalue weighted by Crippen LogP contribution is -2.17. The molecule has 0 saturated heterocycles. The molecule has 6 heteroatoms. The van der Waals surface area contributed by atoms with Crippen molar-refractivity contribution >= 4 is 46.4 Å². The second kappa shape index (κ2) is 7.99. The lowest BCUT2D eigenvalue weighted by atomic mass is 10.2. The van der Waals surface area contributed by atoms with Gasteiger partial charge in [0.2, 0.25) is 5.91 Å². The number of nitrogens with one attached hydrogen (secondary N) is 2. The summed E-state index contributed by atoms with van der Waals surface area (Å²) in [5, 5.41) is 6.04. The average Bonchev–Trinajstić information content (AvgIpc) is 2.49. The zero-order chi connectivity index (χ0) is 16.8. The van der Waals surface area contributed by atoms with E-state index in [-0.39, 0.29) is 21.5 Å². The number of carbonyl (C=O) groups excluding carboxylic acids is 2. The molecule has 0 saturated carbocycles. The molecule has 0 atom stereocenters. The lowest BCUT2D eigenvalue weighted by Gasteiger charge is -2.13. The molecule has 23 heavy (non-hydrogen) atoms. The van der Waals surface area contributed by atoms with Crippen LogP contribution in [0.15, 0.2) is 42.5 Å². The Labute approximate surface area is 144 Å². The van der Waals surface area contributed by atoms with E-state index in [0.717, 1.165) is 6.42 Å². The number of carbonyl (C=O) groups is 2. The molecule has 0 spiro atoms. The van der Waals surface area contributed by atoms with Crippen LogP contribution in [0, 0.1) is 0 Å². The third-order valence-corrected chi connectivity index (χ3v) is 3.75. The quantitative estimate of drug-likeness (QED) is 0.798. The molecule has 2 N–H and O–H groups in total. The standard InChI is InChI=1S/C17H16Cl2N2O2/c1-2-6-15(22)20-13-9-3-4-10-14(13)21-17(23)16-11(18)7-5-8-12(16)19/h3-5,7-10H,2,6H2,1H3,(H,20,22)(H,21,23). The zero-order valence-corrected chi connectivity index (χ0v) is 14.0. The third-order valence-electron chi connectivity index (χ3n) is 3.12. The predicted molar refractivity (Wildman–Crippen MR) is 94.4 cm³/mol. The molecule has 2 aromatic carbocycles. The molecule has 0 aliphatic carbocycles. The molecule has 0 fully saturated rings. The number of hydrogen-bond donors (Lipinski definition) is 2. The van der Waals surface area contributed by atoms with Crippen LogP contribution >= 0.6 is 23.2 Å². The van der Waals surface area contributed by atoms with Gasteiger partial charge in [-0.2, -0.15) is 0 Å². The first kappa shape index (κ1) is 17.3. The summed E-state index contributed by atoms with van der Waals surface area (Å²) in [5.41, 5.74) is 1.21. The largest absolute Gasteiger partial charge is 0.324 e. The molecular weight excluding hydrogens is 335 g/mol. The average molecular weight is 351 g/mol. The van der Waals surface area contributed by atoms with Crippen LogP contribution in [-0.2, 0) is 4.79 Å². The predicted octanol–water partition coefficient (Wildman–Crippen LogP) is 4.98. The van der Waals surface area contributed by atoms with Crippen molar-refractivity contribution in [2.45, 2.75) is 19.8 Å². The molecule has 0 aromatic heterocycles. The van der Waals surface area contributed by atoms with Crippen molar-refractivity contribution < 1.29 is 9.59 Å². The van der Waals surface area contributed by atoms with Crippen LogP contribution in [0.3, 0.4) is 0 Å². The molecule has 0 aliphatic heterocycles. The Morgan fingerprint density at radius 3 is 2.04 bits per heavy atom. The van der Waals surface area contributed by atoms with Crippen LogP contribution in [0.1, 0.15) is 30.1 Å². The molecule has 120 valence electrons. The van der Waals surface area contributed by atoms with Crippen molar-refractivity contribution in [1.82, 2.24) is 0 Å². The normalized spacial score (nSPS) is 10.2. The van der Waals surface area contributed by atoms with Gasteiger partial charge in [0.25, 0.3) is 5.91 Å². The van der Waals surface area contributed by atoms with E-state index in [0.29, 0.717) is 17.8 Å². The first-order valence-electron chi connectivity index (χ1n) is 7.17. The summed E-state index contributed by atoms with van der Waals surface area (Å²) in [6, 6.07) is 11.8. The van der Waals surface area contributed by atoms with Crippen molar-refractivity contribution in [1.29, 1.82) is 0 Å². The second-order valence-electron chi connectivity index (χ2n) is 4.89. The minimum Gasteiger partial charge on any atom is -0.324 e. The summed E-state index contributed by atoms with van der Waals surface area (Å²) in [4.78, 5) is 24.2. The highest BCUT2D eigenvalue weighted by molar-refractivity contribution is 6.40. The van der Waals surface area contributed by atoms with Gasteiger partial charge < -0.3 is 10.6 Å². The molecule has 0 heterocycles. The zero-order valence-electron chi connectivity index (χ0n) is 12.5. The van der Waals surface area contributed by atoms with Gasteiger partial charge >= 0.3 is 0 Å². The number of anilines is 2. The van der Waals surface area contributed by atoms with Crippen LogP contribution in [0.4, 0.5) is 11.4 Å². The summed E-state index contributed by atoms with van der Waals surface area (Å²) in [6.07, 6.45) is 1.16. The van der Waals surface area contributed by atoms with Crippen molar-refractivity contribution in [3.8, 4) is 0 Å². The minimum absolute atomic E-state index is 0.107. The number of amides is 2. The van der Waals surface area contributed by atoms with E-state index in [1.165, 1.54) is 0 Å². The Balaban J connectivity index is 2.23. The number of benzene rings is 2. The van der Waals surface area contributed by atoms with E-state index >= 15 is 0 Å². The van der Waals surface area contributed by atoms with Crippen LogP contribution < -0.4 is 10.6 Å². The highest BCUT2D eigenvalue weighted by Crippen LogP contribution is 2.27. The fourth-order valence-corrected chi connectivity index (χ4v) is 2.61. The highest BCUT2D eigenvalue weighted by Gasteiger charge is 2.16. The smallest absolute Gasteiger partial charge is 0.258 e. The lowest BCUT2D eigenvalue weighted by molar-refractivity contribution is -0.116. The van der Waals surface area contributed by atoms with E-state index in [1.807, 2.05) is 6.92 Å². The van der Waals surface area contributed by atoms with Gasteiger partial charge in [-0.25, -0.2) is 0 Å². The van der Waals surface area contributed by atoms with Gasteiger partial charge in [-0.15, -0.1) is 0 Å². The summed E-state index contributed by atoms with van der Waals surface area (Å²) in [7, 11) is 0. The van der Waals surface area contributed by atoms with Gasteiger partial charge in [0, 0.05) is 6.42 Å². The van der Waals surface area contributed by atoms with Crippen molar-refractivity contribution in [3.63, 3.8) is 0 Å². The Morgan fingerprint density at radius 2 is 1.48 bits per heavy atom. The van der Waals surface area contributed by atoms with Gasteiger partial charge in [0.05, 0.1) is 27.0 Å². The van der Waals surface area contributed by atoms with Gasteiger partial charge in [-0.05, 0) is 30.7 Å². The van der Waals surface area contributed by atoms with E-state index < -0.39 is 5.91 Å². The summed E-state index contributed by atoms with van der Waals surface area (Å²) in [6.45, 7) is 1.92. The number of para-hydroxylation sites is 2. The molecule has 0 bridgehead atoms. The molecule has 0 radical (unpaired) electrons. The van der Waals surface area contributed by atoms with E-state index in [1.54, 1.807) is 42.5 Å². The van der Waals surface area contributed by atoms with Crippen molar-refractivity contribution in [3.05, 3.63) is 58.1 Å². The Hall–Kier alpha value is -2.04. The topological polar surface area (TPSA) is 58.2 Å². The fourth-order valence-electron chi connectivity index (χ4n) is 2.04. The van der Waals surface area contributed by atoms with E-state index in [9.17, 15) is 9.59 Å². The molecule has 0 aliphatic rings. The summed E-state index contributed by atoms with van der Waals surface area (Å²) < 4.78 is 0. The van der Waals surface area contributed by atoms with Gasteiger partial charge in [-0.3, -0.25) is 9.59 Å². The summed E-state index contributed by atoms with van der Waals surface area (Å²) in [5.74, 6) is -0.539. The fraction of sp³-hybridized carbons (Fsp3) is 0.176. The Morgan fingerprint density at radius 1 is 0.913 bits per heavy atom. The van der Waals surface area contributed by atoms with Gasteiger partial charge in [0.15, 0.2) is 0 Å². The second-order valence-corrected chi connectivity index (χ2v) is 5.71. The maximum absolute atomic E-state index is 12.4. The maximum atomic E-state index is 12.4. The van der Waals surface area contributed by atoms with Gasteiger partial charge in [-0.1, -0.05) is 48.3 Å². The molecule has 2 aromatic rings. The first-order valence-corrected chi connectivity index (χ1v) is 7.92. The third kappa shape index (κ3) is 4.47. The monoisotopic (exact) mass is 350 g/mol. The Kier molecular flexibility index (Phi) is 6.02. The molecule has 0 unspecified atom stereocenters. The molecule has 2 amide bonds.